The number of hydrogen-bond acceptors (Lipinski definition) is 4. The van der Waals surface area contributed by atoms with E-state index in [0.29, 0.717) is 31.2 Å². The quantitative estimate of drug-likeness (QED) is 0.823. The lowest BCUT2D eigenvalue weighted by Gasteiger charge is -2.42. The van der Waals surface area contributed by atoms with E-state index in [-0.39, 0.29) is 12.2 Å². The van der Waals surface area contributed by atoms with Crippen LogP contribution in [-0.4, -0.2) is 35.5 Å². The minimum atomic E-state index is -0.520. The van der Waals surface area contributed by atoms with Gasteiger partial charge >= 0.3 is 0 Å². The number of nitrogens with one attached hydrogen (secondary N) is 1. The summed E-state index contributed by atoms with van der Waals surface area (Å²) in [4.78, 5) is 0. The van der Waals surface area contributed by atoms with Crippen molar-refractivity contribution in [3.05, 3.63) is 71.8 Å². The van der Waals surface area contributed by atoms with Gasteiger partial charge in [0, 0.05) is 18.0 Å². The summed E-state index contributed by atoms with van der Waals surface area (Å²) in [6, 6.07) is 21.1. The van der Waals surface area contributed by atoms with Crippen LogP contribution in [-0.2, 0) is 22.7 Å². The lowest BCUT2D eigenvalue weighted by molar-refractivity contribution is -0.173. The van der Waals surface area contributed by atoms with Crippen LogP contribution in [0.5, 0.6) is 0 Å². The van der Waals surface area contributed by atoms with Gasteiger partial charge in [-0.15, -0.1) is 0 Å². The average molecular weight is 367 g/mol. The lowest BCUT2D eigenvalue weighted by atomic mass is 9.78. The van der Waals surface area contributed by atoms with E-state index >= 15 is 0 Å². The molecule has 2 aliphatic rings. The first-order valence-electron chi connectivity index (χ1n) is 9.96. The monoisotopic (exact) mass is 367 g/mol. The van der Waals surface area contributed by atoms with Gasteiger partial charge in [0.1, 0.15) is 6.10 Å². The molecule has 2 fully saturated rings. The van der Waals surface area contributed by atoms with Gasteiger partial charge in [0.15, 0.2) is 0 Å². The van der Waals surface area contributed by atoms with Gasteiger partial charge in [-0.25, -0.2) is 0 Å². The van der Waals surface area contributed by atoms with E-state index < -0.39 is 6.10 Å². The van der Waals surface area contributed by atoms with Crippen LogP contribution in [0.25, 0.3) is 0 Å². The summed E-state index contributed by atoms with van der Waals surface area (Å²) in [5, 5.41) is 14.4. The summed E-state index contributed by atoms with van der Waals surface area (Å²) in [7, 11) is 0. The number of ether oxygens (including phenoxy) is 2. The Hall–Kier alpha value is -1.72. The molecule has 0 bridgehead atoms. The van der Waals surface area contributed by atoms with Gasteiger partial charge in [-0.1, -0.05) is 60.7 Å². The topological polar surface area (TPSA) is 50.7 Å². The van der Waals surface area contributed by atoms with Crippen LogP contribution in [0.1, 0.15) is 30.9 Å². The van der Waals surface area contributed by atoms with Crippen molar-refractivity contribution < 1.29 is 14.6 Å². The van der Waals surface area contributed by atoms with Crippen LogP contribution in [0.2, 0.25) is 0 Å². The van der Waals surface area contributed by atoms with E-state index in [0.717, 1.165) is 24.0 Å². The van der Waals surface area contributed by atoms with Crippen LogP contribution >= 0.6 is 0 Å². The summed E-state index contributed by atoms with van der Waals surface area (Å²) >= 11 is 0. The predicted molar refractivity (Wildman–Crippen MR) is 105 cm³/mol. The summed E-state index contributed by atoms with van der Waals surface area (Å²) in [6.45, 7) is 3.24. The zero-order valence-electron chi connectivity index (χ0n) is 15.8. The van der Waals surface area contributed by atoms with Crippen LogP contribution < -0.4 is 5.32 Å². The molecule has 144 valence electrons. The fraction of sp³-hybridized carbons (Fsp3) is 0.478. The molecule has 27 heavy (non-hydrogen) atoms. The van der Waals surface area contributed by atoms with Gasteiger partial charge < -0.3 is 19.9 Å². The minimum absolute atomic E-state index is 0.111. The number of hydrogen-bond donors (Lipinski definition) is 2. The van der Waals surface area contributed by atoms with Crippen molar-refractivity contribution >= 4 is 0 Å². The number of fused-ring (bicyclic) bond motifs is 1. The third kappa shape index (κ3) is 4.41. The van der Waals surface area contributed by atoms with E-state index in [4.69, 9.17) is 9.47 Å². The fourth-order valence-electron chi connectivity index (χ4n) is 4.55. The molecule has 0 unspecified atom stereocenters. The van der Waals surface area contributed by atoms with Gasteiger partial charge in [-0.2, -0.15) is 0 Å². The number of aliphatic hydroxyl groups excluding tert-OH is 1. The Morgan fingerprint density at radius 3 is 2.00 bits per heavy atom. The maximum atomic E-state index is 10.8. The van der Waals surface area contributed by atoms with Crippen molar-refractivity contribution in [3.8, 4) is 0 Å². The zero-order valence-corrected chi connectivity index (χ0v) is 15.8. The average Bonchev–Trinajstić information content (AvgIpc) is 3.06. The van der Waals surface area contributed by atoms with Crippen molar-refractivity contribution in [3.63, 3.8) is 0 Å². The Morgan fingerprint density at radius 2 is 1.41 bits per heavy atom. The van der Waals surface area contributed by atoms with Gasteiger partial charge in [-0.3, -0.25) is 0 Å². The molecule has 0 spiro atoms. The normalized spacial score (nSPS) is 33.0. The number of aliphatic hydroxyl groups is 1. The largest absolute Gasteiger partial charge is 0.390 e. The highest BCUT2D eigenvalue weighted by atomic mass is 16.5. The van der Waals surface area contributed by atoms with Crippen LogP contribution in [0.15, 0.2) is 60.7 Å². The van der Waals surface area contributed by atoms with Gasteiger partial charge in [0.25, 0.3) is 0 Å². The molecule has 0 aromatic heterocycles. The highest BCUT2D eigenvalue weighted by molar-refractivity contribution is 5.15. The second-order valence-electron chi connectivity index (χ2n) is 7.90. The summed E-state index contributed by atoms with van der Waals surface area (Å²) in [5.74, 6) is 0.368. The van der Waals surface area contributed by atoms with E-state index in [1.165, 1.54) is 0 Å². The first kappa shape index (κ1) is 18.6. The predicted octanol–water partition coefficient (Wildman–Crippen LogP) is 3.29. The highest BCUT2D eigenvalue weighted by Crippen LogP contribution is 2.37. The Bertz CT molecular complexity index is 708. The van der Waals surface area contributed by atoms with Crippen molar-refractivity contribution in [1.29, 1.82) is 0 Å². The van der Waals surface area contributed by atoms with E-state index in [1.54, 1.807) is 0 Å². The highest BCUT2D eigenvalue weighted by Gasteiger charge is 2.49. The second kappa shape index (κ2) is 8.53. The maximum absolute atomic E-state index is 10.8. The lowest BCUT2D eigenvalue weighted by Crippen LogP contribution is -2.55. The molecule has 2 N–H and O–H groups in total. The smallest absolute Gasteiger partial charge is 0.110 e. The van der Waals surface area contributed by atoms with E-state index in [9.17, 15) is 5.11 Å². The van der Waals surface area contributed by atoms with Crippen LogP contribution in [0.4, 0.5) is 0 Å². The standard InChI is InChI=1S/C23H29NO3/c1-16-12-19-20(24-16)13-21(25)23(27-15-18-10-6-3-7-11-18)22(19)26-14-17-8-4-2-5-9-17/h2-11,16,19-25H,12-15H2,1H3/t16-,19+,20+,21-,22+,23-/m1/s1. The molecular weight excluding hydrogens is 338 g/mol. The summed E-state index contributed by atoms with van der Waals surface area (Å²) in [6.07, 6.45) is 0.845. The molecule has 2 aromatic carbocycles. The van der Waals surface area contributed by atoms with Gasteiger partial charge in [0.05, 0.1) is 25.4 Å². The minimum Gasteiger partial charge on any atom is -0.390 e. The third-order valence-corrected chi connectivity index (χ3v) is 5.83. The Balaban J connectivity index is 1.48. The Morgan fingerprint density at radius 1 is 0.852 bits per heavy atom. The second-order valence-corrected chi connectivity index (χ2v) is 7.90. The van der Waals surface area contributed by atoms with Crippen molar-refractivity contribution in [2.45, 2.75) is 63.4 Å². The summed E-state index contributed by atoms with van der Waals surface area (Å²) in [5.41, 5.74) is 2.27. The molecule has 1 aliphatic carbocycles. The maximum Gasteiger partial charge on any atom is 0.110 e. The Kier molecular flexibility index (Phi) is 5.89. The van der Waals surface area contributed by atoms with Crippen molar-refractivity contribution in [1.82, 2.24) is 5.32 Å². The zero-order chi connectivity index (χ0) is 18.6. The van der Waals surface area contributed by atoms with Crippen molar-refractivity contribution in [2.75, 3.05) is 0 Å². The molecule has 4 heteroatoms. The first-order valence-corrected chi connectivity index (χ1v) is 9.96. The molecular formula is C23H29NO3. The number of benzene rings is 2. The molecule has 4 nitrogen and oxygen atoms in total. The molecule has 0 radical (unpaired) electrons. The molecule has 0 amide bonds. The van der Waals surface area contributed by atoms with Crippen LogP contribution in [0.3, 0.4) is 0 Å². The molecule has 1 heterocycles. The molecule has 1 saturated heterocycles. The number of rotatable bonds is 6. The summed E-state index contributed by atoms with van der Waals surface area (Å²) < 4.78 is 12.6. The molecule has 1 aliphatic heterocycles. The fourth-order valence-corrected chi connectivity index (χ4v) is 4.55. The van der Waals surface area contributed by atoms with E-state index in [1.807, 2.05) is 36.4 Å². The SMILES string of the molecule is C[C@@H]1C[C@@H]2[C@H](OCc3ccccc3)[C@H](OCc3ccccc3)[C@H](O)C[C@@H]2N1. The van der Waals surface area contributed by atoms with Crippen molar-refractivity contribution in [2.24, 2.45) is 5.92 Å². The van der Waals surface area contributed by atoms with Crippen LogP contribution in [0, 0.1) is 5.92 Å². The molecule has 6 atom stereocenters. The molecule has 2 aromatic rings. The van der Waals surface area contributed by atoms with Gasteiger partial charge in [0.2, 0.25) is 0 Å². The third-order valence-electron chi connectivity index (χ3n) is 5.83. The first-order chi connectivity index (χ1) is 13.2. The molecule has 1 saturated carbocycles. The Labute approximate surface area is 161 Å². The molecule has 4 rings (SSSR count). The van der Waals surface area contributed by atoms with Gasteiger partial charge in [-0.05, 0) is 30.9 Å². The van der Waals surface area contributed by atoms with E-state index in [2.05, 4.69) is 36.5 Å².